The van der Waals surface area contributed by atoms with Gasteiger partial charge in [0.2, 0.25) is 5.91 Å². The van der Waals surface area contributed by atoms with Crippen molar-refractivity contribution < 1.29 is 23.5 Å². The molecule has 0 aromatic heterocycles. The van der Waals surface area contributed by atoms with Crippen LogP contribution in [0.5, 0.6) is 11.5 Å². The number of nitriles is 1. The minimum absolute atomic E-state index is 0.0649. The molecule has 4 aliphatic carbocycles. The Balaban J connectivity index is 1.30. The van der Waals surface area contributed by atoms with Gasteiger partial charge in [0.1, 0.15) is 5.75 Å². The van der Waals surface area contributed by atoms with Crippen LogP contribution < -0.4 is 20.1 Å². The van der Waals surface area contributed by atoms with Gasteiger partial charge in [0.05, 0.1) is 36.2 Å². The summed E-state index contributed by atoms with van der Waals surface area (Å²) in [7, 11) is 1.41. The van der Waals surface area contributed by atoms with Crippen molar-refractivity contribution in [2.45, 2.75) is 83.3 Å². The van der Waals surface area contributed by atoms with E-state index in [0.29, 0.717) is 12.5 Å². The molecule has 0 saturated heterocycles. The lowest BCUT2D eigenvalue weighted by Gasteiger charge is -2.36. The number of halogens is 1. The van der Waals surface area contributed by atoms with E-state index in [1.807, 2.05) is 0 Å². The van der Waals surface area contributed by atoms with Gasteiger partial charge in [0.25, 0.3) is 5.91 Å². The molecule has 0 radical (unpaired) electrons. The van der Waals surface area contributed by atoms with Gasteiger partial charge < -0.3 is 20.1 Å². The zero-order valence-electron chi connectivity index (χ0n) is 21.9. The third-order valence-corrected chi connectivity index (χ3v) is 9.42. The average molecular weight is 512 g/mol. The van der Waals surface area contributed by atoms with Gasteiger partial charge in [-0.3, -0.25) is 9.59 Å². The van der Waals surface area contributed by atoms with Crippen LogP contribution in [-0.2, 0) is 4.79 Å². The summed E-state index contributed by atoms with van der Waals surface area (Å²) in [5, 5.41) is 15.6. The Morgan fingerprint density at radius 2 is 1.84 bits per heavy atom. The second-order valence-electron chi connectivity index (χ2n) is 11.8. The minimum atomic E-state index is -0.549. The highest BCUT2D eigenvalue weighted by Crippen LogP contribution is 2.49. The molecule has 0 spiro atoms. The SMILES string of the molecule is COc1cc(F)c(OC2CCC(C)CC2)cc1C(=O)N[C@@H]1[C@H]2CC[C@H](C2)[C@@H]1C(=O)NCC1(C#N)CCC1. The standard InChI is InChI=1S/C29H38FN3O4/c1-17-4-8-20(9-5-17)37-24-13-21(23(36-2)14-22(24)30)27(34)33-26-19-7-6-18(12-19)25(26)28(35)32-16-29(15-31)10-3-11-29/h13-14,17-20,25-26H,3-12,16H2,1-2H3,(H,32,35)(H,33,34)/t17?,18-,19+,20?,25+,26-/m1/s1. The molecule has 4 fully saturated rings. The number of methoxy groups -OCH3 is 1. The van der Waals surface area contributed by atoms with Crippen LogP contribution in [0.1, 0.15) is 81.5 Å². The number of carbonyl (C=O) groups is 2. The first kappa shape index (κ1) is 25.8. The maximum absolute atomic E-state index is 14.8. The van der Waals surface area contributed by atoms with Gasteiger partial charge in [0.15, 0.2) is 11.6 Å². The van der Waals surface area contributed by atoms with Crippen molar-refractivity contribution in [1.29, 1.82) is 5.26 Å². The lowest BCUT2D eigenvalue weighted by molar-refractivity contribution is -0.127. The van der Waals surface area contributed by atoms with Gasteiger partial charge in [0, 0.05) is 18.7 Å². The van der Waals surface area contributed by atoms with Crippen LogP contribution in [0.3, 0.4) is 0 Å². The molecule has 2 amide bonds. The van der Waals surface area contributed by atoms with E-state index in [9.17, 15) is 19.2 Å². The zero-order chi connectivity index (χ0) is 26.2. The van der Waals surface area contributed by atoms with Crippen LogP contribution in [-0.4, -0.2) is 37.6 Å². The molecule has 0 unspecified atom stereocenters. The number of carbonyl (C=O) groups excluding carboxylic acids is 2. The lowest BCUT2D eigenvalue weighted by atomic mass is 9.70. The minimum Gasteiger partial charge on any atom is -0.496 e. The van der Waals surface area contributed by atoms with E-state index >= 15 is 0 Å². The van der Waals surface area contributed by atoms with Crippen LogP contribution in [0.2, 0.25) is 0 Å². The quantitative estimate of drug-likeness (QED) is 0.525. The second-order valence-corrected chi connectivity index (χ2v) is 11.8. The molecule has 2 N–H and O–H groups in total. The summed E-state index contributed by atoms with van der Waals surface area (Å²) in [5.74, 6) is -0.0474. The Hall–Kier alpha value is -2.82. The topological polar surface area (TPSA) is 100 Å². The summed E-state index contributed by atoms with van der Waals surface area (Å²) < 4.78 is 26.2. The number of nitrogens with one attached hydrogen (secondary N) is 2. The van der Waals surface area contributed by atoms with Crippen LogP contribution >= 0.6 is 0 Å². The largest absolute Gasteiger partial charge is 0.496 e. The maximum Gasteiger partial charge on any atom is 0.255 e. The number of fused-ring (bicyclic) bond motifs is 2. The number of hydrogen-bond donors (Lipinski definition) is 2. The molecule has 0 aliphatic heterocycles. The molecule has 1 aromatic rings. The molecule has 5 rings (SSSR count). The van der Waals surface area contributed by atoms with Crippen molar-refractivity contribution in [1.82, 2.24) is 10.6 Å². The summed E-state index contributed by atoms with van der Waals surface area (Å²) in [6.07, 6.45) is 9.23. The Morgan fingerprint density at radius 1 is 1.11 bits per heavy atom. The van der Waals surface area contributed by atoms with Crippen molar-refractivity contribution in [2.75, 3.05) is 13.7 Å². The molecule has 8 heteroatoms. The molecular formula is C29H38FN3O4. The molecule has 4 atom stereocenters. The Bertz CT molecular complexity index is 1070. The summed E-state index contributed by atoms with van der Waals surface area (Å²) >= 11 is 0. The normalized spacial score (nSPS) is 31.6. The van der Waals surface area contributed by atoms with Crippen molar-refractivity contribution in [3.05, 3.63) is 23.5 Å². The molecule has 7 nitrogen and oxygen atoms in total. The number of nitrogens with zero attached hydrogens (tertiary/aromatic N) is 1. The third-order valence-electron chi connectivity index (χ3n) is 9.42. The van der Waals surface area contributed by atoms with Gasteiger partial charge in [-0.15, -0.1) is 0 Å². The van der Waals surface area contributed by atoms with Gasteiger partial charge in [-0.2, -0.15) is 5.26 Å². The van der Waals surface area contributed by atoms with E-state index in [4.69, 9.17) is 9.47 Å². The number of rotatable bonds is 8. The number of ether oxygens (including phenoxy) is 2. The predicted octanol–water partition coefficient (Wildman–Crippen LogP) is 4.75. The van der Waals surface area contributed by atoms with Crippen LogP contribution in [0.25, 0.3) is 0 Å². The first-order valence-electron chi connectivity index (χ1n) is 13.9. The Morgan fingerprint density at radius 3 is 2.49 bits per heavy atom. The molecule has 200 valence electrons. The average Bonchev–Trinajstić information content (AvgIpc) is 3.47. The maximum atomic E-state index is 14.8. The Kier molecular flexibility index (Phi) is 7.33. The summed E-state index contributed by atoms with van der Waals surface area (Å²) in [5.41, 5.74) is -0.233. The van der Waals surface area contributed by atoms with Gasteiger partial charge in [-0.25, -0.2) is 4.39 Å². The van der Waals surface area contributed by atoms with Gasteiger partial charge >= 0.3 is 0 Å². The fourth-order valence-electron chi connectivity index (χ4n) is 6.91. The van der Waals surface area contributed by atoms with E-state index in [1.54, 1.807) is 0 Å². The smallest absolute Gasteiger partial charge is 0.255 e. The number of amides is 2. The summed E-state index contributed by atoms with van der Waals surface area (Å²) in [6.45, 7) is 2.58. The van der Waals surface area contributed by atoms with Crippen molar-refractivity contribution in [3.8, 4) is 17.6 Å². The molecule has 2 bridgehead atoms. The fourth-order valence-corrected chi connectivity index (χ4v) is 6.91. The molecule has 4 aliphatic rings. The van der Waals surface area contributed by atoms with Crippen LogP contribution in [0.15, 0.2) is 12.1 Å². The van der Waals surface area contributed by atoms with E-state index in [2.05, 4.69) is 23.6 Å². The van der Waals surface area contributed by atoms with Crippen LogP contribution in [0, 0.1) is 46.2 Å². The molecular weight excluding hydrogens is 473 g/mol. The third kappa shape index (κ3) is 5.15. The highest BCUT2D eigenvalue weighted by molar-refractivity contribution is 5.98. The van der Waals surface area contributed by atoms with Gasteiger partial charge in [-0.1, -0.05) is 13.3 Å². The van der Waals surface area contributed by atoms with Crippen LogP contribution in [0.4, 0.5) is 4.39 Å². The first-order chi connectivity index (χ1) is 17.8. The van der Waals surface area contributed by atoms with Crippen molar-refractivity contribution in [2.24, 2.45) is 29.1 Å². The van der Waals surface area contributed by atoms with Gasteiger partial charge in [-0.05, 0) is 81.6 Å². The predicted molar refractivity (Wildman–Crippen MR) is 135 cm³/mol. The highest BCUT2D eigenvalue weighted by Gasteiger charge is 2.52. The van der Waals surface area contributed by atoms with E-state index < -0.39 is 11.2 Å². The first-order valence-corrected chi connectivity index (χ1v) is 13.9. The fraction of sp³-hybridized carbons (Fsp3) is 0.690. The van der Waals surface area contributed by atoms with E-state index in [1.165, 1.54) is 19.2 Å². The van der Waals surface area contributed by atoms with Crippen molar-refractivity contribution in [3.63, 3.8) is 0 Å². The Labute approximate surface area is 218 Å². The van der Waals surface area contributed by atoms with Crippen molar-refractivity contribution >= 4 is 11.8 Å². The monoisotopic (exact) mass is 511 g/mol. The lowest BCUT2D eigenvalue weighted by Crippen LogP contribution is -2.51. The summed E-state index contributed by atoms with van der Waals surface area (Å²) in [4.78, 5) is 26.8. The molecule has 0 heterocycles. The number of hydrogen-bond acceptors (Lipinski definition) is 5. The summed E-state index contributed by atoms with van der Waals surface area (Å²) in [6, 6.07) is 4.72. The molecule has 37 heavy (non-hydrogen) atoms. The van der Waals surface area contributed by atoms with E-state index in [-0.39, 0.29) is 58.8 Å². The zero-order valence-corrected chi connectivity index (χ0v) is 21.9. The molecule has 4 saturated carbocycles. The second kappa shape index (κ2) is 10.5. The highest BCUT2D eigenvalue weighted by atomic mass is 19.1. The van der Waals surface area contributed by atoms with E-state index in [0.717, 1.165) is 64.2 Å². The number of benzene rings is 1. The molecule has 1 aromatic carbocycles.